The molecule has 0 radical (unpaired) electrons. The van der Waals surface area contributed by atoms with Gasteiger partial charge in [0.25, 0.3) is 0 Å². The van der Waals surface area contributed by atoms with Crippen LogP contribution in [0.5, 0.6) is 0 Å². The van der Waals surface area contributed by atoms with Crippen LogP contribution in [-0.4, -0.2) is 19.5 Å². The summed E-state index contributed by atoms with van der Waals surface area (Å²) < 4.78 is 11.0. The second kappa shape index (κ2) is 7.10. The van der Waals surface area contributed by atoms with Crippen LogP contribution >= 0.6 is 0 Å². The van der Waals surface area contributed by atoms with E-state index in [-0.39, 0.29) is 6.29 Å². The molecule has 1 aliphatic heterocycles. The SMILES string of the molecule is CCC=CCCOC1CCCCO1. The first kappa shape index (κ1) is 10.7. The van der Waals surface area contributed by atoms with Gasteiger partial charge < -0.3 is 9.47 Å². The molecule has 1 heterocycles. The van der Waals surface area contributed by atoms with Crippen molar-refractivity contribution in [3.63, 3.8) is 0 Å². The summed E-state index contributed by atoms with van der Waals surface area (Å²) in [6, 6.07) is 0. The third kappa shape index (κ3) is 5.06. The Bertz CT molecular complexity index is 137. The molecule has 1 fully saturated rings. The second-order valence-corrected chi connectivity index (χ2v) is 3.34. The van der Waals surface area contributed by atoms with Crippen molar-refractivity contribution >= 4 is 0 Å². The number of ether oxygens (including phenoxy) is 2. The van der Waals surface area contributed by atoms with E-state index in [1.54, 1.807) is 0 Å². The highest BCUT2D eigenvalue weighted by Gasteiger charge is 2.12. The lowest BCUT2D eigenvalue weighted by molar-refractivity contribution is -0.161. The number of rotatable bonds is 5. The van der Waals surface area contributed by atoms with Crippen LogP contribution in [-0.2, 0) is 9.47 Å². The Labute approximate surface area is 80.9 Å². The van der Waals surface area contributed by atoms with E-state index in [1.165, 1.54) is 12.8 Å². The normalized spacial score (nSPS) is 23.9. The van der Waals surface area contributed by atoms with Gasteiger partial charge in [0, 0.05) is 6.61 Å². The first-order chi connectivity index (χ1) is 6.43. The van der Waals surface area contributed by atoms with Crippen LogP contribution in [0.4, 0.5) is 0 Å². The molecule has 1 atom stereocenters. The predicted molar refractivity (Wildman–Crippen MR) is 53.6 cm³/mol. The largest absolute Gasteiger partial charge is 0.353 e. The van der Waals surface area contributed by atoms with Crippen LogP contribution in [0, 0.1) is 0 Å². The van der Waals surface area contributed by atoms with Crippen molar-refractivity contribution in [2.24, 2.45) is 0 Å². The molecule has 2 heteroatoms. The van der Waals surface area contributed by atoms with Crippen LogP contribution in [0.1, 0.15) is 39.0 Å². The lowest BCUT2D eigenvalue weighted by Gasteiger charge is -2.22. The van der Waals surface area contributed by atoms with E-state index in [1.807, 2.05) is 0 Å². The van der Waals surface area contributed by atoms with Crippen LogP contribution in [0.15, 0.2) is 12.2 Å². The van der Waals surface area contributed by atoms with Gasteiger partial charge in [-0.25, -0.2) is 0 Å². The van der Waals surface area contributed by atoms with Crippen molar-refractivity contribution in [2.75, 3.05) is 13.2 Å². The van der Waals surface area contributed by atoms with Gasteiger partial charge >= 0.3 is 0 Å². The highest BCUT2D eigenvalue weighted by atomic mass is 16.7. The smallest absolute Gasteiger partial charge is 0.157 e. The maximum absolute atomic E-state index is 5.56. The summed E-state index contributed by atoms with van der Waals surface area (Å²) in [6.07, 6.45) is 10.0. The van der Waals surface area contributed by atoms with Crippen LogP contribution in [0.25, 0.3) is 0 Å². The quantitative estimate of drug-likeness (QED) is 0.483. The van der Waals surface area contributed by atoms with Crippen LogP contribution in [0.3, 0.4) is 0 Å². The molecule has 76 valence electrons. The lowest BCUT2D eigenvalue weighted by Crippen LogP contribution is -2.22. The summed E-state index contributed by atoms with van der Waals surface area (Å²) in [5.74, 6) is 0. The van der Waals surface area contributed by atoms with Gasteiger partial charge in [0.05, 0.1) is 6.61 Å². The highest BCUT2D eigenvalue weighted by molar-refractivity contribution is 4.79. The molecule has 0 aromatic rings. The standard InChI is InChI=1S/C11H20O2/c1-2-3-4-6-9-12-11-8-5-7-10-13-11/h3-4,11H,2,5-10H2,1H3. The van der Waals surface area contributed by atoms with E-state index in [9.17, 15) is 0 Å². The Balaban J connectivity index is 1.95. The van der Waals surface area contributed by atoms with E-state index in [2.05, 4.69) is 19.1 Å². The molecule has 0 amide bonds. The van der Waals surface area contributed by atoms with Gasteiger partial charge in [-0.3, -0.25) is 0 Å². The Morgan fingerprint density at radius 1 is 1.38 bits per heavy atom. The molecule has 2 nitrogen and oxygen atoms in total. The van der Waals surface area contributed by atoms with Crippen LogP contribution < -0.4 is 0 Å². The fraction of sp³-hybridized carbons (Fsp3) is 0.818. The summed E-state index contributed by atoms with van der Waals surface area (Å²) in [7, 11) is 0. The summed E-state index contributed by atoms with van der Waals surface area (Å²) in [5, 5.41) is 0. The van der Waals surface area contributed by atoms with E-state index in [0.29, 0.717) is 0 Å². The number of allylic oxidation sites excluding steroid dienone is 1. The fourth-order valence-corrected chi connectivity index (χ4v) is 1.39. The van der Waals surface area contributed by atoms with E-state index < -0.39 is 0 Å². The topological polar surface area (TPSA) is 18.5 Å². The third-order valence-corrected chi connectivity index (χ3v) is 2.13. The molecule has 0 aromatic heterocycles. The molecule has 0 aliphatic carbocycles. The molecule has 1 rings (SSSR count). The first-order valence-corrected chi connectivity index (χ1v) is 5.31. The molecule has 1 aliphatic rings. The Morgan fingerprint density at radius 3 is 3.00 bits per heavy atom. The zero-order chi connectivity index (χ0) is 9.36. The Hall–Kier alpha value is -0.340. The maximum Gasteiger partial charge on any atom is 0.157 e. The van der Waals surface area contributed by atoms with Gasteiger partial charge in [0.15, 0.2) is 6.29 Å². The molecular formula is C11H20O2. The minimum absolute atomic E-state index is 0.0729. The van der Waals surface area contributed by atoms with Gasteiger partial charge in [-0.1, -0.05) is 19.1 Å². The molecule has 0 spiro atoms. The molecule has 13 heavy (non-hydrogen) atoms. The van der Waals surface area contributed by atoms with Gasteiger partial charge in [0.1, 0.15) is 0 Å². The third-order valence-electron chi connectivity index (χ3n) is 2.13. The lowest BCUT2D eigenvalue weighted by atomic mass is 10.2. The number of hydrogen-bond donors (Lipinski definition) is 0. The van der Waals surface area contributed by atoms with Crippen molar-refractivity contribution < 1.29 is 9.47 Å². The molecule has 1 saturated heterocycles. The number of hydrogen-bond acceptors (Lipinski definition) is 2. The summed E-state index contributed by atoms with van der Waals surface area (Å²) in [4.78, 5) is 0. The average Bonchev–Trinajstić information content (AvgIpc) is 2.19. The van der Waals surface area contributed by atoms with E-state index >= 15 is 0 Å². The van der Waals surface area contributed by atoms with Crippen molar-refractivity contribution in [3.05, 3.63) is 12.2 Å². The second-order valence-electron chi connectivity index (χ2n) is 3.34. The minimum Gasteiger partial charge on any atom is -0.353 e. The zero-order valence-electron chi connectivity index (χ0n) is 8.50. The van der Waals surface area contributed by atoms with Crippen LogP contribution in [0.2, 0.25) is 0 Å². The first-order valence-electron chi connectivity index (χ1n) is 5.31. The highest BCUT2D eigenvalue weighted by Crippen LogP contribution is 2.13. The summed E-state index contributed by atoms with van der Waals surface area (Å²) in [6.45, 7) is 3.80. The average molecular weight is 184 g/mol. The van der Waals surface area contributed by atoms with E-state index in [4.69, 9.17) is 9.47 Å². The molecule has 0 saturated carbocycles. The summed E-state index contributed by atoms with van der Waals surface area (Å²) in [5.41, 5.74) is 0. The van der Waals surface area contributed by atoms with Gasteiger partial charge in [-0.15, -0.1) is 0 Å². The molecule has 0 bridgehead atoms. The monoisotopic (exact) mass is 184 g/mol. The summed E-state index contributed by atoms with van der Waals surface area (Å²) >= 11 is 0. The fourth-order valence-electron chi connectivity index (χ4n) is 1.39. The minimum atomic E-state index is 0.0729. The van der Waals surface area contributed by atoms with Gasteiger partial charge in [0.2, 0.25) is 0 Å². The molecule has 0 aromatic carbocycles. The maximum atomic E-state index is 5.56. The molecule has 1 unspecified atom stereocenters. The predicted octanol–water partition coefficient (Wildman–Crippen LogP) is 2.89. The van der Waals surface area contributed by atoms with Crippen molar-refractivity contribution in [2.45, 2.75) is 45.3 Å². The molecular weight excluding hydrogens is 164 g/mol. The Morgan fingerprint density at radius 2 is 2.31 bits per heavy atom. The van der Waals surface area contributed by atoms with Crippen molar-refractivity contribution in [3.8, 4) is 0 Å². The molecule has 0 N–H and O–H groups in total. The Kier molecular flexibility index (Phi) is 5.87. The zero-order valence-corrected chi connectivity index (χ0v) is 8.50. The van der Waals surface area contributed by atoms with Gasteiger partial charge in [-0.05, 0) is 32.1 Å². The van der Waals surface area contributed by atoms with Gasteiger partial charge in [-0.2, -0.15) is 0 Å². The van der Waals surface area contributed by atoms with Crippen molar-refractivity contribution in [1.82, 2.24) is 0 Å². The van der Waals surface area contributed by atoms with E-state index in [0.717, 1.165) is 32.5 Å². The van der Waals surface area contributed by atoms with Crippen molar-refractivity contribution in [1.29, 1.82) is 0 Å².